The predicted molar refractivity (Wildman–Crippen MR) is 68.8 cm³/mol. The van der Waals surface area contributed by atoms with Crippen LogP contribution in [0.2, 0.25) is 0 Å². The molecule has 1 N–H and O–H groups in total. The Balaban J connectivity index is 2.00. The fraction of sp³-hybridized carbons (Fsp3) is 0.429. The summed E-state index contributed by atoms with van der Waals surface area (Å²) in [7, 11) is 0. The number of carbonyl (C=O) groups excluding carboxylic acids is 1. The summed E-state index contributed by atoms with van der Waals surface area (Å²) in [5.41, 5.74) is 0. The highest BCUT2D eigenvalue weighted by Gasteiger charge is 2.39. The van der Waals surface area contributed by atoms with Crippen molar-refractivity contribution in [2.45, 2.75) is 19.4 Å². The van der Waals surface area contributed by atoms with Crippen LogP contribution in [0.3, 0.4) is 0 Å². The van der Waals surface area contributed by atoms with Crippen molar-refractivity contribution in [1.82, 2.24) is 4.90 Å². The van der Waals surface area contributed by atoms with E-state index in [-0.39, 0.29) is 11.7 Å². The molecule has 0 aromatic heterocycles. The van der Waals surface area contributed by atoms with Gasteiger partial charge in [-0.3, -0.25) is 4.79 Å². The molecule has 2 rings (SSSR count). The number of benzene rings is 1. The summed E-state index contributed by atoms with van der Waals surface area (Å²) in [5, 5.41) is 9.13. The number of amides is 1. The van der Waals surface area contributed by atoms with Crippen LogP contribution in [0.1, 0.15) is 13.3 Å². The molecule has 1 heterocycles. The van der Waals surface area contributed by atoms with Crippen LogP contribution in [-0.2, 0) is 9.59 Å². The van der Waals surface area contributed by atoms with Crippen LogP contribution in [0.25, 0.3) is 0 Å². The van der Waals surface area contributed by atoms with E-state index >= 15 is 0 Å². The van der Waals surface area contributed by atoms with Gasteiger partial charge in [0.05, 0.1) is 0 Å². The van der Waals surface area contributed by atoms with Gasteiger partial charge in [-0.25, -0.2) is 13.6 Å². The monoisotopic (exact) mass is 299 g/mol. The molecule has 21 heavy (non-hydrogen) atoms. The maximum Gasteiger partial charge on any atom is 0.326 e. The summed E-state index contributed by atoms with van der Waals surface area (Å²) in [6, 6.07) is 1.86. The maximum atomic E-state index is 13.4. The Hall–Kier alpha value is -2.18. The van der Waals surface area contributed by atoms with E-state index in [0.29, 0.717) is 19.0 Å². The van der Waals surface area contributed by atoms with E-state index in [1.807, 2.05) is 0 Å². The number of ether oxygens (including phenoxy) is 1. The molecule has 0 aliphatic carbocycles. The zero-order chi connectivity index (χ0) is 15.6. The standard InChI is InChI=1S/C14H15F2NO4/c1-8-4-5-17(13(8)14(19)20)12(18)7-21-11-3-2-9(15)6-10(11)16/h2-3,6,8,13H,4-5,7H2,1H3,(H,19,20). The predicted octanol–water partition coefficient (Wildman–Crippen LogP) is 1.67. The molecule has 1 fully saturated rings. The van der Waals surface area contributed by atoms with E-state index in [1.165, 1.54) is 4.90 Å². The van der Waals surface area contributed by atoms with Gasteiger partial charge in [0.15, 0.2) is 18.2 Å². The molecule has 114 valence electrons. The summed E-state index contributed by atoms with van der Waals surface area (Å²) >= 11 is 0. The number of nitrogens with zero attached hydrogens (tertiary/aromatic N) is 1. The third kappa shape index (κ3) is 3.29. The molecule has 1 aromatic rings. The first kappa shape index (κ1) is 15.2. The van der Waals surface area contributed by atoms with Crippen LogP contribution in [-0.4, -0.2) is 41.1 Å². The molecule has 0 bridgehead atoms. The lowest BCUT2D eigenvalue weighted by Crippen LogP contribution is -2.44. The van der Waals surface area contributed by atoms with E-state index < -0.39 is 36.2 Å². The van der Waals surface area contributed by atoms with Gasteiger partial charge in [0.2, 0.25) is 0 Å². The Morgan fingerprint density at radius 2 is 2.14 bits per heavy atom. The second-order valence-corrected chi connectivity index (χ2v) is 5.00. The molecule has 1 aliphatic rings. The van der Waals surface area contributed by atoms with Gasteiger partial charge in [0.25, 0.3) is 5.91 Å². The number of carboxylic acid groups (broad SMARTS) is 1. The molecule has 1 aromatic carbocycles. The van der Waals surface area contributed by atoms with Gasteiger partial charge in [-0.15, -0.1) is 0 Å². The number of carboxylic acids is 1. The number of hydrogen-bond donors (Lipinski definition) is 1. The summed E-state index contributed by atoms with van der Waals surface area (Å²) < 4.78 is 31.1. The normalized spacial score (nSPS) is 21.4. The van der Waals surface area contributed by atoms with Gasteiger partial charge < -0.3 is 14.7 Å². The molecular weight excluding hydrogens is 284 g/mol. The van der Waals surface area contributed by atoms with Gasteiger partial charge in [-0.2, -0.15) is 0 Å². The summed E-state index contributed by atoms with van der Waals surface area (Å²) in [4.78, 5) is 24.4. The lowest BCUT2D eigenvalue weighted by atomic mass is 10.0. The van der Waals surface area contributed by atoms with Gasteiger partial charge in [-0.05, 0) is 24.5 Å². The minimum atomic E-state index is -1.07. The van der Waals surface area contributed by atoms with E-state index in [4.69, 9.17) is 9.84 Å². The molecule has 0 saturated carbocycles. The Morgan fingerprint density at radius 3 is 2.76 bits per heavy atom. The minimum absolute atomic E-state index is 0.144. The van der Waals surface area contributed by atoms with Crippen molar-refractivity contribution in [2.24, 2.45) is 5.92 Å². The number of carbonyl (C=O) groups is 2. The highest BCUT2D eigenvalue weighted by atomic mass is 19.1. The van der Waals surface area contributed by atoms with Crippen LogP contribution in [0.15, 0.2) is 18.2 Å². The highest BCUT2D eigenvalue weighted by Crippen LogP contribution is 2.24. The lowest BCUT2D eigenvalue weighted by molar-refractivity contribution is -0.150. The molecule has 1 saturated heterocycles. The molecule has 2 atom stereocenters. The van der Waals surface area contributed by atoms with Crippen LogP contribution in [0.5, 0.6) is 5.75 Å². The average Bonchev–Trinajstić information content (AvgIpc) is 2.79. The van der Waals surface area contributed by atoms with Crippen LogP contribution in [0.4, 0.5) is 8.78 Å². The molecule has 1 aliphatic heterocycles. The number of hydrogen-bond acceptors (Lipinski definition) is 3. The van der Waals surface area contributed by atoms with Gasteiger partial charge in [-0.1, -0.05) is 6.92 Å². The molecule has 0 radical (unpaired) electrons. The smallest absolute Gasteiger partial charge is 0.326 e. The average molecular weight is 299 g/mol. The topological polar surface area (TPSA) is 66.8 Å². The summed E-state index contributed by atoms with van der Waals surface area (Å²) in [6.45, 7) is 1.60. The van der Waals surface area contributed by atoms with Crippen molar-refractivity contribution in [3.63, 3.8) is 0 Å². The van der Waals surface area contributed by atoms with Crippen LogP contribution in [0, 0.1) is 17.6 Å². The Morgan fingerprint density at radius 1 is 1.43 bits per heavy atom. The van der Waals surface area contributed by atoms with Crippen LogP contribution < -0.4 is 4.74 Å². The lowest BCUT2D eigenvalue weighted by Gasteiger charge is -2.23. The number of rotatable bonds is 4. The molecule has 7 heteroatoms. The zero-order valence-electron chi connectivity index (χ0n) is 11.4. The number of halogens is 2. The summed E-state index contributed by atoms with van der Waals surface area (Å²) in [5.74, 6) is -3.65. The van der Waals surface area contributed by atoms with E-state index in [9.17, 15) is 18.4 Å². The van der Waals surface area contributed by atoms with Gasteiger partial charge in [0.1, 0.15) is 11.9 Å². The van der Waals surface area contributed by atoms with Crippen molar-refractivity contribution in [2.75, 3.05) is 13.2 Å². The Bertz CT molecular complexity index is 564. The molecule has 2 unspecified atom stereocenters. The van der Waals surface area contributed by atoms with Gasteiger partial charge >= 0.3 is 5.97 Å². The van der Waals surface area contributed by atoms with E-state index in [1.54, 1.807) is 6.92 Å². The fourth-order valence-electron chi connectivity index (χ4n) is 2.42. The molecule has 1 amide bonds. The summed E-state index contributed by atoms with van der Waals surface area (Å²) in [6.07, 6.45) is 0.591. The second kappa shape index (κ2) is 6.07. The first-order chi connectivity index (χ1) is 9.90. The molecular formula is C14H15F2NO4. The Kier molecular flexibility index (Phi) is 4.40. The molecule has 5 nitrogen and oxygen atoms in total. The quantitative estimate of drug-likeness (QED) is 0.918. The van der Waals surface area contributed by atoms with Crippen molar-refractivity contribution >= 4 is 11.9 Å². The van der Waals surface area contributed by atoms with Gasteiger partial charge in [0, 0.05) is 12.6 Å². The first-order valence-electron chi connectivity index (χ1n) is 6.50. The fourth-order valence-corrected chi connectivity index (χ4v) is 2.42. The third-order valence-corrected chi connectivity index (χ3v) is 3.52. The van der Waals surface area contributed by atoms with E-state index in [2.05, 4.69) is 0 Å². The van der Waals surface area contributed by atoms with Crippen LogP contribution >= 0.6 is 0 Å². The largest absolute Gasteiger partial charge is 0.481 e. The number of aliphatic carboxylic acids is 1. The maximum absolute atomic E-state index is 13.4. The van der Waals surface area contributed by atoms with Crippen molar-refractivity contribution in [3.05, 3.63) is 29.8 Å². The first-order valence-corrected chi connectivity index (χ1v) is 6.50. The third-order valence-electron chi connectivity index (χ3n) is 3.52. The highest BCUT2D eigenvalue weighted by molar-refractivity contribution is 5.85. The SMILES string of the molecule is CC1CCN(C(=O)COc2ccc(F)cc2F)C1C(=O)O. The molecule has 0 spiro atoms. The zero-order valence-corrected chi connectivity index (χ0v) is 11.4. The van der Waals surface area contributed by atoms with E-state index in [0.717, 1.165) is 12.1 Å². The van der Waals surface area contributed by atoms with Crippen molar-refractivity contribution in [3.8, 4) is 5.75 Å². The minimum Gasteiger partial charge on any atom is -0.481 e. The Labute approximate surface area is 120 Å². The number of likely N-dealkylation sites (tertiary alicyclic amines) is 1. The van der Waals surface area contributed by atoms with Crippen molar-refractivity contribution in [1.29, 1.82) is 0 Å². The second-order valence-electron chi connectivity index (χ2n) is 5.00. The van der Waals surface area contributed by atoms with Crippen molar-refractivity contribution < 1.29 is 28.2 Å².